The average molecular weight is 335 g/mol. The number of carboxylic acids is 1. The summed E-state index contributed by atoms with van der Waals surface area (Å²) in [6.45, 7) is 4.76. The Bertz CT molecular complexity index is 425. The SMILES string of the molecule is COCCOCCOCCSc1nc(C)c(CC(=O)O)s1. The Morgan fingerprint density at radius 3 is 2.57 bits per heavy atom. The third-order valence-electron chi connectivity index (χ3n) is 2.44. The Morgan fingerprint density at radius 1 is 1.24 bits per heavy atom. The Morgan fingerprint density at radius 2 is 1.90 bits per heavy atom. The summed E-state index contributed by atoms with van der Waals surface area (Å²) in [7, 11) is 1.64. The molecule has 8 heteroatoms. The lowest BCUT2D eigenvalue weighted by molar-refractivity contribution is -0.136. The van der Waals surface area contributed by atoms with Gasteiger partial charge in [-0.05, 0) is 6.92 Å². The predicted octanol–water partition coefficient (Wildman–Crippen LogP) is 1.85. The van der Waals surface area contributed by atoms with Gasteiger partial charge in [0, 0.05) is 17.7 Å². The molecule has 0 radical (unpaired) electrons. The van der Waals surface area contributed by atoms with Crippen molar-refractivity contribution in [2.24, 2.45) is 0 Å². The van der Waals surface area contributed by atoms with Gasteiger partial charge >= 0.3 is 5.97 Å². The second-order valence-electron chi connectivity index (χ2n) is 4.12. The van der Waals surface area contributed by atoms with Gasteiger partial charge in [0.15, 0.2) is 0 Å². The van der Waals surface area contributed by atoms with Crippen molar-refractivity contribution in [2.75, 3.05) is 45.9 Å². The first-order valence-electron chi connectivity index (χ1n) is 6.58. The summed E-state index contributed by atoms with van der Waals surface area (Å²) in [5.74, 6) is -0.0348. The lowest BCUT2D eigenvalue weighted by Gasteiger charge is -2.04. The molecular weight excluding hydrogens is 314 g/mol. The van der Waals surface area contributed by atoms with Crippen LogP contribution in [0.2, 0.25) is 0 Å². The van der Waals surface area contributed by atoms with Gasteiger partial charge in [-0.15, -0.1) is 11.3 Å². The molecule has 1 N–H and O–H groups in total. The first kappa shape index (κ1) is 18.4. The van der Waals surface area contributed by atoms with E-state index in [9.17, 15) is 4.79 Å². The minimum absolute atomic E-state index is 0.0410. The van der Waals surface area contributed by atoms with Crippen molar-refractivity contribution in [3.05, 3.63) is 10.6 Å². The van der Waals surface area contributed by atoms with Crippen LogP contribution in [-0.4, -0.2) is 62.0 Å². The minimum Gasteiger partial charge on any atom is -0.481 e. The number of carboxylic acid groups (broad SMARTS) is 1. The monoisotopic (exact) mass is 335 g/mol. The van der Waals surface area contributed by atoms with Crippen molar-refractivity contribution in [3.8, 4) is 0 Å². The molecule has 0 aromatic carbocycles. The molecule has 1 aromatic heterocycles. The van der Waals surface area contributed by atoms with Gasteiger partial charge in [0.1, 0.15) is 4.34 Å². The number of rotatable bonds is 12. The number of thiazole rings is 1. The second-order valence-corrected chi connectivity index (χ2v) is 6.55. The maximum absolute atomic E-state index is 10.7. The fourth-order valence-electron chi connectivity index (χ4n) is 1.42. The van der Waals surface area contributed by atoms with Crippen LogP contribution in [0.25, 0.3) is 0 Å². The number of carbonyl (C=O) groups is 1. The zero-order valence-corrected chi connectivity index (χ0v) is 13.9. The van der Waals surface area contributed by atoms with Crippen LogP contribution in [0, 0.1) is 6.92 Å². The summed E-state index contributed by atoms with van der Waals surface area (Å²) in [4.78, 5) is 15.9. The Labute approximate surface area is 132 Å². The number of aliphatic carboxylic acids is 1. The number of methoxy groups -OCH3 is 1. The predicted molar refractivity (Wildman–Crippen MR) is 82.4 cm³/mol. The highest BCUT2D eigenvalue weighted by atomic mass is 32.2. The summed E-state index contributed by atoms with van der Waals surface area (Å²) < 4.78 is 16.5. The number of thioether (sulfide) groups is 1. The highest BCUT2D eigenvalue weighted by Gasteiger charge is 2.11. The fraction of sp³-hybridized carbons (Fsp3) is 0.692. The van der Waals surface area contributed by atoms with Crippen molar-refractivity contribution in [1.29, 1.82) is 0 Å². The van der Waals surface area contributed by atoms with Crippen LogP contribution in [0.1, 0.15) is 10.6 Å². The Hall–Kier alpha value is -0.670. The molecule has 1 heterocycles. The maximum atomic E-state index is 10.7. The molecule has 0 spiro atoms. The molecule has 0 fully saturated rings. The van der Waals surface area contributed by atoms with Crippen molar-refractivity contribution < 1.29 is 24.1 Å². The molecule has 0 aliphatic carbocycles. The van der Waals surface area contributed by atoms with Crippen LogP contribution in [-0.2, 0) is 25.4 Å². The number of aryl methyl sites for hydroxylation is 1. The molecule has 0 saturated carbocycles. The van der Waals surface area contributed by atoms with E-state index in [1.165, 1.54) is 11.3 Å². The molecule has 0 unspecified atom stereocenters. The first-order valence-corrected chi connectivity index (χ1v) is 8.39. The molecule has 1 aromatic rings. The molecule has 6 nitrogen and oxygen atoms in total. The van der Waals surface area contributed by atoms with E-state index >= 15 is 0 Å². The van der Waals surface area contributed by atoms with Gasteiger partial charge in [0.25, 0.3) is 0 Å². The lowest BCUT2D eigenvalue weighted by atomic mass is 10.3. The number of hydrogen-bond donors (Lipinski definition) is 1. The van der Waals surface area contributed by atoms with E-state index < -0.39 is 5.97 Å². The molecular formula is C13H21NO5S2. The van der Waals surface area contributed by atoms with Gasteiger partial charge < -0.3 is 19.3 Å². The zero-order chi connectivity index (χ0) is 15.5. The molecule has 0 bridgehead atoms. The van der Waals surface area contributed by atoms with E-state index in [4.69, 9.17) is 19.3 Å². The van der Waals surface area contributed by atoms with E-state index in [0.717, 1.165) is 20.7 Å². The number of hydrogen-bond acceptors (Lipinski definition) is 7. The van der Waals surface area contributed by atoms with Crippen molar-refractivity contribution >= 4 is 29.1 Å². The molecule has 1 rings (SSSR count). The quantitative estimate of drug-likeness (QED) is 0.461. The summed E-state index contributed by atoms with van der Waals surface area (Å²) in [5, 5.41) is 8.78. The molecule has 0 saturated heterocycles. The molecule has 0 amide bonds. The third-order valence-corrected chi connectivity index (χ3v) is 4.71. The van der Waals surface area contributed by atoms with Crippen LogP contribution >= 0.6 is 23.1 Å². The van der Waals surface area contributed by atoms with Crippen molar-refractivity contribution in [3.63, 3.8) is 0 Å². The molecule has 21 heavy (non-hydrogen) atoms. The van der Waals surface area contributed by atoms with E-state index in [2.05, 4.69) is 4.98 Å². The van der Waals surface area contributed by atoms with Crippen LogP contribution in [0.4, 0.5) is 0 Å². The Kier molecular flexibility index (Phi) is 9.60. The lowest BCUT2D eigenvalue weighted by Crippen LogP contribution is -2.09. The second kappa shape index (κ2) is 11.0. The summed E-state index contributed by atoms with van der Waals surface area (Å²) in [5.41, 5.74) is 0.803. The summed E-state index contributed by atoms with van der Waals surface area (Å²) in [6, 6.07) is 0. The van der Waals surface area contributed by atoms with Gasteiger partial charge in [-0.2, -0.15) is 0 Å². The van der Waals surface area contributed by atoms with Gasteiger partial charge in [-0.3, -0.25) is 4.79 Å². The van der Waals surface area contributed by atoms with Crippen LogP contribution < -0.4 is 0 Å². The van der Waals surface area contributed by atoms with Crippen LogP contribution in [0.15, 0.2) is 4.34 Å². The van der Waals surface area contributed by atoms with Crippen molar-refractivity contribution in [2.45, 2.75) is 17.7 Å². The molecule has 120 valence electrons. The Balaban J connectivity index is 2.09. The summed E-state index contributed by atoms with van der Waals surface area (Å²) >= 11 is 3.03. The first-order chi connectivity index (χ1) is 10.1. The van der Waals surface area contributed by atoms with Gasteiger partial charge in [-0.25, -0.2) is 4.98 Å². The maximum Gasteiger partial charge on any atom is 0.308 e. The molecule has 0 aliphatic heterocycles. The fourth-order valence-corrected chi connectivity index (χ4v) is 3.56. The number of nitrogens with zero attached hydrogens (tertiary/aromatic N) is 1. The van der Waals surface area contributed by atoms with E-state index in [1.54, 1.807) is 18.9 Å². The van der Waals surface area contributed by atoms with Gasteiger partial charge in [0.05, 0.1) is 45.1 Å². The smallest absolute Gasteiger partial charge is 0.308 e. The normalized spacial score (nSPS) is 11.0. The van der Waals surface area contributed by atoms with Crippen LogP contribution in [0.3, 0.4) is 0 Å². The third kappa shape index (κ3) is 8.37. The summed E-state index contributed by atoms with van der Waals surface area (Å²) in [6.07, 6.45) is 0.0410. The minimum atomic E-state index is -0.824. The molecule has 0 aliphatic rings. The zero-order valence-electron chi connectivity index (χ0n) is 12.3. The van der Waals surface area contributed by atoms with E-state index in [0.29, 0.717) is 33.0 Å². The number of ether oxygens (including phenoxy) is 3. The van der Waals surface area contributed by atoms with Crippen molar-refractivity contribution in [1.82, 2.24) is 4.98 Å². The van der Waals surface area contributed by atoms with Gasteiger partial charge in [0.2, 0.25) is 0 Å². The topological polar surface area (TPSA) is 77.9 Å². The number of aromatic nitrogens is 1. The highest BCUT2D eigenvalue weighted by Crippen LogP contribution is 2.27. The van der Waals surface area contributed by atoms with E-state index in [-0.39, 0.29) is 6.42 Å². The van der Waals surface area contributed by atoms with Gasteiger partial charge in [-0.1, -0.05) is 11.8 Å². The van der Waals surface area contributed by atoms with Crippen LogP contribution in [0.5, 0.6) is 0 Å². The van der Waals surface area contributed by atoms with E-state index in [1.807, 2.05) is 6.92 Å². The average Bonchev–Trinajstić information content (AvgIpc) is 2.76. The molecule has 0 atom stereocenters. The standard InChI is InChI=1S/C13H21NO5S2/c1-10-11(9-12(15)16)21-13(14-10)20-8-7-19-6-5-18-4-3-17-2/h3-9H2,1-2H3,(H,15,16). The largest absolute Gasteiger partial charge is 0.481 e. The highest BCUT2D eigenvalue weighted by molar-refractivity contribution is 8.01.